The van der Waals surface area contributed by atoms with Gasteiger partial charge in [-0.25, -0.2) is 0 Å². The molecule has 0 spiro atoms. The number of thiol groups is 1. The summed E-state index contributed by atoms with van der Waals surface area (Å²) in [6, 6.07) is 22.7. The van der Waals surface area contributed by atoms with Crippen LogP contribution in [0.15, 0.2) is 83.8 Å². The molecule has 3 aromatic rings. The summed E-state index contributed by atoms with van der Waals surface area (Å²) >= 11 is 4.32. The number of amides is 2. The molecule has 2 amide bonds. The van der Waals surface area contributed by atoms with Crippen molar-refractivity contribution >= 4 is 41.7 Å². The van der Waals surface area contributed by atoms with E-state index in [9.17, 15) is 14.4 Å². The van der Waals surface area contributed by atoms with Gasteiger partial charge in [-0.1, -0.05) is 42.5 Å². The highest BCUT2D eigenvalue weighted by Gasteiger charge is 2.22. The van der Waals surface area contributed by atoms with Crippen LogP contribution in [0.3, 0.4) is 0 Å². The van der Waals surface area contributed by atoms with Crippen molar-refractivity contribution in [3.63, 3.8) is 0 Å². The zero-order valence-corrected chi connectivity index (χ0v) is 22.0. The van der Waals surface area contributed by atoms with Crippen molar-refractivity contribution in [2.24, 2.45) is 0 Å². The second-order valence-electron chi connectivity index (χ2n) is 9.49. The van der Waals surface area contributed by atoms with E-state index >= 15 is 0 Å². The summed E-state index contributed by atoms with van der Waals surface area (Å²) in [6.07, 6.45) is 7.28. The minimum atomic E-state index is -0.963. The maximum absolute atomic E-state index is 13.5. The number of benzene rings is 3. The number of carbonyl (C=O) groups is 3. The first kappa shape index (κ1) is 27.2. The van der Waals surface area contributed by atoms with Gasteiger partial charge in [-0.3, -0.25) is 14.4 Å². The molecule has 0 aromatic heterocycles. The first-order chi connectivity index (χ1) is 18.4. The number of aliphatic carboxylic acids is 1. The average molecular weight is 529 g/mol. The van der Waals surface area contributed by atoms with E-state index in [1.54, 1.807) is 12.1 Å². The monoisotopic (exact) mass is 528 g/mol. The minimum absolute atomic E-state index is 0.0687. The molecule has 0 aliphatic heterocycles. The van der Waals surface area contributed by atoms with Crippen LogP contribution in [0.1, 0.15) is 65.1 Å². The number of allylic oxidation sites excluding steroid dienone is 2. The van der Waals surface area contributed by atoms with Crippen molar-refractivity contribution in [3.05, 3.63) is 101 Å². The molecule has 6 nitrogen and oxygen atoms in total. The third-order valence-corrected chi connectivity index (χ3v) is 7.00. The molecular formula is C31H32N2O4S. The number of hydrogen-bond acceptors (Lipinski definition) is 4. The highest BCUT2D eigenvalue weighted by molar-refractivity contribution is 7.80. The van der Waals surface area contributed by atoms with Gasteiger partial charge in [0.2, 0.25) is 5.91 Å². The number of rotatable bonds is 10. The topological polar surface area (TPSA) is 95.5 Å². The standard InChI is InChI=1S/C31H32N2O4S/c34-29(35)18-19-32-30(36)25-8-6-21(7-9-25)20-28(31(37)33-26-14-16-27(38)17-15-26)24-12-10-23(11-13-24)22-4-2-1-3-5-22/h4,6-17,28,38H,1-3,5,18-20H2,(H,32,36)(H,33,37)(H,34,35). The third kappa shape index (κ3) is 7.59. The van der Waals surface area contributed by atoms with Crippen LogP contribution in [0.5, 0.6) is 0 Å². The Morgan fingerprint density at radius 3 is 2.24 bits per heavy atom. The van der Waals surface area contributed by atoms with Gasteiger partial charge in [-0.05, 0) is 90.8 Å². The fraction of sp³-hybridized carbons (Fsp3) is 0.258. The fourth-order valence-corrected chi connectivity index (χ4v) is 4.73. The number of carbonyl (C=O) groups excluding carboxylic acids is 2. The molecule has 1 unspecified atom stereocenters. The quantitative estimate of drug-likeness (QED) is 0.239. The summed E-state index contributed by atoms with van der Waals surface area (Å²) in [5, 5.41) is 14.4. The molecule has 4 rings (SSSR count). The molecular weight excluding hydrogens is 496 g/mol. The third-order valence-electron chi connectivity index (χ3n) is 6.71. The van der Waals surface area contributed by atoms with Crippen LogP contribution in [-0.4, -0.2) is 29.4 Å². The molecule has 7 heteroatoms. The summed E-state index contributed by atoms with van der Waals surface area (Å²) in [5.74, 6) is -1.84. The number of carboxylic acids is 1. The molecule has 0 heterocycles. The zero-order chi connectivity index (χ0) is 26.9. The molecule has 0 saturated carbocycles. The minimum Gasteiger partial charge on any atom is -0.481 e. The van der Waals surface area contributed by atoms with Gasteiger partial charge in [0.1, 0.15) is 0 Å². The normalized spacial score (nSPS) is 13.8. The zero-order valence-electron chi connectivity index (χ0n) is 21.2. The number of nitrogens with one attached hydrogen (secondary N) is 2. The molecule has 196 valence electrons. The van der Waals surface area contributed by atoms with Crippen molar-refractivity contribution in [2.45, 2.75) is 49.3 Å². The van der Waals surface area contributed by atoms with Crippen LogP contribution in [-0.2, 0) is 16.0 Å². The van der Waals surface area contributed by atoms with Crippen molar-refractivity contribution in [3.8, 4) is 0 Å². The first-order valence-electron chi connectivity index (χ1n) is 12.9. The molecule has 1 atom stereocenters. The Bertz CT molecular complexity index is 1300. The molecule has 1 aliphatic carbocycles. The molecule has 0 radical (unpaired) electrons. The van der Waals surface area contributed by atoms with E-state index in [4.69, 9.17) is 5.11 Å². The predicted octanol–water partition coefficient (Wildman–Crippen LogP) is 6.10. The number of carboxylic acid groups (broad SMARTS) is 1. The Morgan fingerprint density at radius 2 is 1.61 bits per heavy atom. The molecule has 0 bridgehead atoms. The highest BCUT2D eigenvalue weighted by Crippen LogP contribution is 2.29. The van der Waals surface area contributed by atoms with Gasteiger partial charge in [-0.15, -0.1) is 12.6 Å². The smallest absolute Gasteiger partial charge is 0.305 e. The van der Waals surface area contributed by atoms with Crippen LogP contribution in [0.4, 0.5) is 5.69 Å². The molecule has 1 aliphatic rings. The molecule has 3 aromatic carbocycles. The molecule has 3 N–H and O–H groups in total. The summed E-state index contributed by atoms with van der Waals surface area (Å²) in [6.45, 7) is 0.0687. The summed E-state index contributed by atoms with van der Waals surface area (Å²) in [5.41, 5.74) is 5.55. The van der Waals surface area contributed by atoms with Gasteiger partial charge in [-0.2, -0.15) is 0 Å². The maximum Gasteiger partial charge on any atom is 0.305 e. The second kappa shape index (κ2) is 13.1. The van der Waals surface area contributed by atoms with E-state index in [0.717, 1.165) is 28.9 Å². The maximum atomic E-state index is 13.5. The van der Waals surface area contributed by atoms with Crippen LogP contribution < -0.4 is 10.6 Å². The van der Waals surface area contributed by atoms with Gasteiger partial charge >= 0.3 is 5.97 Å². The Balaban J connectivity index is 1.52. The van der Waals surface area contributed by atoms with E-state index < -0.39 is 11.9 Å². The van der Waals surface area contributed by atoms with Crippen molar-refractivity contribution in [1.29, 1.82) is 0 Å². The van der Waals surface area contributed by atoms with Crippen LogP contribution in [0.25, 0.3) is 5.57 Å². The lowest BCUT2D eigenvalue weighted by molar-refractivity contribution is -0.136. The number of anilines is 1. The van der Waals surface area contributed by atoms with Gasteiger partial charge in [0.25, 0.3) is 5.91 Å². The van der Waals surface area contributed by atoms with E-state index in [-0.39, 0.29) is 24.8 Å². The van der Waals surface area contributed by atoms with Gasteiger partial charge in [0.15, 0.2) is 0 Å². The van der Waals surface area contributed by atoms with E-state index in [1.807, 2.05) is 48.5 Å². The Labute approximate surface area is 228 Å². The van der Waals surface area contributed by atoms with Gasteiger partial charge < -0.3 is 15.7 Å². The van der Waals surface area contributed by atoms with Crippen molar-refractivity contribution < 1.29 is 19.5 Å². The largest absolute Gasteiger partial charge is 0.481 e. The van der Waals surface area contributed by atoms with Crippen molar-refractivity contribution in [2.75, 3.05) is 11.9 Å². The van der Waals surface area contributed by atoms with Crippen LogP contribution >= 0.6 is 12.6 Å². The van der Waals surface area contributed by atoms with Crippen molar-refractivity contribution in [1.82, 2.24) is 5.32 Å². The molecule has 38 heavy (non-hydrogen) atoms. The summed E-state index contributed by atoms with van der Waals surface area (Å²) < 4.78 is 0. The lowest BCUT2D eigenvalue weighted by Gasteiger charge is -2.19. The van der Waals surface area contributed by atoms with E-state index in [1.165, 1.54) is 24.0 Å². The van der Waals surface area contributed by atoms with Gasteiger partial charge in [0, 0.05) is 22.7 Å². The van der Waals surface area contributed by atoms with Gasteiger partial charge in [0.05, 0.1) is 12.3 Å². The SMILES string of the molecule is O=C(O)CCNC(=O)c1ccc(CC(C(=O)Nc2ccc(S)cc2)c2ccc(C3=CCCCC3)cc2)cc1. The highest BCUT2D eigenvalue weighted by atomic mass is 32.1. The molecule has 0 saturated heterocycles. The Kier molecular flexibility index (Phi) is 9.38. The summed E-state index contributed by atoms with van der Waals surface area (Å²) in [4.78, 5) is 37.3. The first-order valence-corrected chi connectivity index (χ1v) is 13.3. The van der Waals surface area contributed by atoms with E-state index in [0.29, 0.717) is 17.7 Å². The lowest BCUT2D eigenvalue weighted by Crippen LogP contribution is -2.26. The fourth-order valence-electron chi connectivity index (χ4n) is 4.58. The average Bonchev–Trinajstić information content (AvgIpc) is 2.93. The number of hydrogen-bond donors (Lipinski definition) is 4. The second-order valence-corrected chi connectivity index (χ2v) is 10.0. The summed E-state index contributed by atoms with van der Waals surface area (Å²) in [7, 11) is 0. The lowest BCUT2D eigenvalue weighted by atomic mass is 9.88. The van der Waals surface area contributed by atoms with Crippen LogP contribution in [0, 0.1) is 0 Å². The Morgan fingerprint density at radius 1 is 0.895 bits per heavy atom. The predicted molar refractivity (Wildman–Crippen MR) is 153 cm³/mol. The van der Waals surface area contributed by atoms with E-state index in [2.05, 4.69) is 41.5 Å². The Hall–Kier alpha value is -3.84. The van der Waals surface area contributed by atoms with Crippen LogP contribution in [0.2, 0.25) is 0 Å². The molecule has 0 fully saturated rings.